The molecule has 17 heteroatoms. The van der Waals surface area contributed by atoms with Crippen molar-refractivity contribution in [1.29, 1.82) is 0 Å². The zero-order valence-corrected chi connectivity index (χ0v) is 23.1. The number of hydrogen-bond acceptors (Lipinski definition) is 8. The fraction of sp³-hybridized carbons (Fsp3) is 0.185. The molecule has 0 saturated heterocycles. The van der Waals surface area contributed by atoms with Crippen LogP contribution in [0.3, 0.4) is 0 Å². The van der Waals surface area contributed by atoms with Gasteiger partial charge >= 0.3 is 23.9 Å². The van der Waals surface area contributed by atoms with Gasteiger partial charge in [0, 0.05) is 24.1 Å². The summed E-state index contributed by atoms with van der Waals surface area (Å²) >= 11 is 6.32. The third kappa shape index (κ3) is 7.89. The Kier molecular flexibility index (Phi) is 9.22. The number of aryl methyl sites for hydroxylation is 3. The summed E-state index contributed by atoms with van der Waals surface area (Å²) in [5, 5.41) is 9.93. The van der Waals surface area contributed by atoms with Crippen molar-refractivity contribution in [3.63, 3.8) is 0 Å². The summed E-state index contributed by atoms with van der Waals surface area (Å²) in [5.41, 5.74) is 5.10. The molecule has 2 aromatic carbocycles. The Morgan fingerprint density at radius 3 is 2.23 bits per heavy atom. The van der Waals surface area contributed by atoms with E-state index >= 15 is 0 Å². The van der Waals surface area contributed by atoms with E-state index < -0.39 is 23.9 Å². The molecule has 6 bridgehead atoms. The van der Waals surface area contributed by atoms with Crippen LogP contribution in [-0.2, 0) is 29.5 Å². The fourth-order valence-electron chi connectivity index (χ4n) is 3.88. The number of anilines is 5. The highest BCUT2D eigenvalue weighted by Crippen LogP contribution is 2.30. The van der Waals surface area contributed by atoms with Gasteiger partial charge in [0.25, 0.3) is 5.91 Å². The van der Waals surface area contributed by atoms with E-state index in [0.717, 1.165) is 41.0 Å². The molecule has 0 spiro atoms. The lowest BCUT2D eigenvalue weighted by Gasteiger charge is -2.15. The van der Waals surface area contributed by atoms with E-state index in [0.29, 0.717) is 22.5 Å². The maximum Gasteiger partial charge on any atom is 0.458 e. The van der Waals surface area contributed by atoms with Gasteiger partial charge < -0.3 is 20.5 Å². The maximum atomic E-state index is 12.8. The Bertz CT molecular complexity index is 1700. The summed E-state index contributed by atoms with van der Waals surface area (Å²) in [6.45, 7) is 0. The molecule has 5 rings (SSSR count). The highest BCUT2D eigenvalue weighted by molar-refractivity contribution is 6.41. The second-order valence-electron chi connectivity index (χ2n) is 9.21. The van der Waals surface area contributed by atoms with Crippen LogP contribution in [0.4, 0.5) is 55.2 Å². The van der Waals surface area contributed by atoms with E-state index in [1.54, 1.807) is 30.3 Å². The van der Waals surface area contributed by atoms with Gasteiger partial charge in [-0.3, -0.25) is 14.4 Å². The number of carbonyl (C=O) groups is 3. The van der Waals surface area contributed by atoms with E-state index in [-0.39, 0.29) is 5.91 Å². The van der Waals surface area contributed by atoms with Crippen molar-refractivity contribution < 1.29 is 40.7 Å². The summed E-state index contributed by atoms with van der Waals surface area (Å²) in [7, 11) is 1.79. The lowest BCUT2D eigenvalue weighted by molar-refractivity contribution is -0.193. The predicted molar refractivity (Wildman–Crippen MR) is 147 cm³/mol. The van der Waals surface area contributed by atoms with Crippen LogP contribution in [0.1, 0.15) is 21.6 Å². The van der Waals surface area contributed by atoms with Gasteiger partial charge in [0.2, 0.25) is 5.95 Å². The van der Waals surface area contributed by atoms with Crippen molar-refractivity contribution >= 4 is 57.9 Å². The van der Waals surface area contributed by atoms with Crippen LogP contribution in [0.5, 0.6) is 0 Å². The second-order valence-corrected chi connectivity index (χ2v) is 9.62. The number of ketones is 2. The largest absolute Gasteiger partial charge is 0.458 e. The van der Waals surface area contributed by atoms with Crippen LogP contribution in [0.25, 0.3) is 0 Å². The van der Waals surface area contributed by atoms with Gasteiger partial charge in [-0.2, -0.15) is 31.3 Å². The summed E-state index contributed by atoms with van der Waals surface area (Å²) in [6.07, 6.45) is -5.30. The molecule has 0 fully saturated rings. The van der Waals surface area contributed by atoms with E-state index in [2.05, 4.69) is 43.0 Å². The number of amides is 1. The number of Topliss-reactive ketones (excluding diaryl/α,β-unsaturated/α-hetero) is 2. The van der Waals surface area contributed by atoms with E-state index in [1.165, 1.54) is 0 Å². The Morgan fingerprint density at radius 1 is 0.909 bits per heavy atom. The molecule has 0 unspecified atom stereocenters. The van der Waals surface area contributed by atoms with Crippen LogP contribution in [0.2, 0.25) is 5.02 Å². The van der Waals surface area contributed by atoms with Crippen LogP contribution in [0.15, 0.2) is 61.2 Å². The van der Waals surface area contributed by atoms with Crippen molar-refractivity contribution in [2.45, 2.75) is 25.2 Å². The minimum atomic E-state index is -5.77. The summed E-state index contributed by atoms with van der Waals surface area (Å²) in [4.78, 5) is 44.8. The summed E-state index contributed by atoms with van der Waals surface area (Å²) in [5.74, 6) is -6.07. The van der Waals surface area contributed by atoms with Crippen LogP contribution in [0, 0.1) is 0 Å². The molecule has 44 heavy (non-hydrogen) atoms. The van der Waals surface area contributed by atoms with E-state index in [4.69, 9.17) is 11.6 Å². The average molecular weight is 640 g/mol. The molecular weight excluding hydrogens is 620 g/mol. The molecule has 0 atom stereocenters. The van der Waals surface area contributed by atoms with Crippen LogP contribution in [-0.4, -0.2) is 49.3 Å². The van der Waals surface area contributed by atoms with E-state index in [9.17, 15) is 40.7 Å². The van der Waals surface area contributed by atoms with Crippen molar-refractivity contribution in [2.75, 3.05) is 16.0 Å². The molecule has 1 aliphatic rings. The first-order chi connectivity index (χ1) is 20.6. The maximum absolute atomic E-state index is 12.8. The molecule has 1 aliphatic heterocycles. The van der Waals surface area contributed by atoms with Crippen molar-refractivity contribution in [3.8, 4) is 0 Å². The number of alkyl halides is 6. The topological polar surface area (TPSA) is 131 Å². The molecule has 230 valence electrons. The SMILES string of the molecule is Cn1cncc1C(=O)Nc1ccc2cc1CCc1cccc(c1)Nc1ncc(Cl)c(n1)N2.O=C(C(=O)C(F)(F)F)C(F)(F)F. The monoisotopic (exact) mass is 639 g/mol. The number of nitrogens with zero attached hydrogens (tertiary/aromatic N) is 4. The third-order valence-electron chi connectivity index (χ3n) is 6.00. The normalized spacial score (nSPS) is 12.5. The molecule has 3 heterocycles. The third-order valence-corrected chi connectivity index (χ3v) is 6.27. The first-order valence-electron chi connectivity index (χ1n) is 12.4. The minimum absolute atomic E-state index is 0.209. The van der Waals surface area contributed by atoms with Crippen LogP contribution < -0.4 is 16.0 Å². The van der Waals surface area contributed by atoms with Crippen LogP contribution >= 0.6 is 11.6 Å². The van der Waals surface area contributed by atoms with Crippen molar-refractivity contribution in [1.82, 2.24) is 19.5 Å². The summed E-state index contributed by atoms with van der Waals surface area (Å²) < 4.78 is 68.6. The quantitative estimate of drug-likeness (QED) is 0.185. The van der Waals surface area contributed by atoms with Gasteiger partial charge in [0.05, 0.1) is 18.7 Å². The number of benzene rings is 2. The number of carbonyl (C=O) groups excluding carboxylic acids is 3. The van der Waals surface area contributed by atoms with Crippen molar-refractivity contribution in [3.05, 3.63) is 83.0 Å². The molecule has 10 nitrogen and oxygen atoms in total. The van der Waals surface area contributed by atoms with Gasteiger partial charge in [0.15, 0.2) is 5.82 Å². The molecule has 0 saturated carbocycles. The van der Waals surface area contributed by atoms with Gasteiger partial charge in [0.1, 0.15) is 10.7 Å². The van der Waals surface area contributed by atoms with Crippen molar-refractivity contribution in [2.24, 2.45) is 7.05 Å². The Balaban J connectivity index is 0.000000314. The van der Waals surface area contributed by atoms with Gasteiger partial charge in [-0.05, 0) is 54.3 Å². The van der Waals surface area contributed by atoms with Gasteiger partial charge in [-0.1, -0.05) is 23.7 Å². The number of imidazole rings is 1. The lowest BCUT2D eigenvalue weighted by Crippen LogP contribution is -2.39. The standard InChI is InChI=1S/C23H20ClN7O.C4F6O2/c1-31-13-25-12-20(31)22(32)29-19-8-7-17-10-15(19)6-5-14-3-2-4-16(9-14)28-23-26-11-18(24)21(27-17)30-23;5-3(6,7)1(11)2(12)4(8,9)10/h2-4,7-13H,5-6H2,1H3,(H,29,32)(H2,26,27,28,30);. The molecular formula is C27H20ClF6N7O3. The predicted octanol–water partition coefficient (Wildman–Crippen LogP) is 5.95. The molecule has 4 aromatic rings. The molecule has 0 aliphatic carbocycles. The second kappa shape index (κ2) is 12.7. The molecule has 2 aromatic heterocycles. The number of nitrogens with one attached hydrogen (secondary N) is 3. The first kappa shape index (κ1) is 31.9. The first-order valence-corrected chi connectivity index (χ1v) is 12.8. The Hall–Kier alpha value is -4.99. The number of aromatic nitrogens is 4. The molecule has 3 N–H and O–H groups in total. The highest BCUT2D eigenvalue weighted by Gasteiger charge is 2.54. The Labute approximate surface area is 249 Å². The molecule has 1 amide bonds. The van der Waals surface area contributed by atoms with E-state index in [1.807, 2.05) is 30.3 Å². The zero-order chi connectivity index (χ0) is 32.2. The average Bonchev–Trinajstić information content (AvgIpc) is 3.39. The Morgan fingerprint density at radius 2 is 1.59 bits per heavy atom. The van der Waals surface area contributed by atoms with Gasteiger partial charge in [-0.25, -0.2) is 9.97 Å². The number of rotatable bonds is 3. The smallest absolute Gasteiger partial charge is 0.339 e. The summed E-state index contributed by atoms with van der Waals surface area (Å²) in [6, 6.07) is 13.9. The molecule has 0 radical (unpaired) electrons. The highest BCUT2D eigenvalue weighted by atomic mass is 35.5. The lowest BCUT2D eigenvalue weighted by atomic mass is 10.0. The zero-order valence-electron chi connectivity index (χ0n) is 22.3. The van der Waals surface area contributed by atoms with Gasteiger partial charge in [-0.15, -0.1) is 0 Å². The number of hydrogen-bond donors (Lipinski definition) is 3. The number of halogens is 7. The fourth-order valence-corrected chi connectivity index (χ4v) is 4.02. The number of fused-ring (bicyclic) bond motifs is 6. The minimum Gasteiger partial charge on any atom is -0.339 e.